The first kappa shape index (κ1) is 40.3. The third kappa shape index (κ3) is 10.2. The zero-order valence-electron chi connectivity index (χ0n) is 31.9. The van der Waals surface area contributed by atoms with Gasteiger partial charge >= 0.3 is 0 Å². The van der Waals surface area contributed by atoms with E-state index in [1.807, 2.05) is 60.7 Å². The molecule has 5 aliphatic rings. The Hall–Kier alpha value is -4.86. The van der Waals surface area contributed by atoms with Gasteiger partial charge in [-0.25, -0.2) is 20.0 Å². The van der Waals surface area contributed by atoms with Crippen LogP contribution in [0.15, 0.2) is 152 Å². The number of hydrogen-bond donors (Lipinski definition) is 0. The van der Waals surface area contributed by atoms with Crippen LogP contribution in [-0.2, 0) is 0 Å². The smallest absolute Gasteiger partial charge is 0.119 e. The number of benzene rings is 2. The Labute approximate surface area is 332 Å². The molecule has 0 fully saturated rings. The monoisotopic (exact) mass is 762 g/mol. The molecule has 2 aromatic carbocycles. The van der Waals surface area contributed by atoms with Crippen LogP contribution in [0.4, 0.5) is 0 Å². The minimum atomic E-state index is 0. The first-order chi connectivity index (χ1) is 25.0. The summed E-state index contributed by atoms with van der Waals surface area (Å²) in [4.78, 5) is 20.3. The zero-order valence-corrected chi connectivity index (χ0v) is 33.4. The average molecular weight is 764 g/mol. The summed E-state index contributed by atoms with van der Waals surface area (Å²) in [7, 11) is 13.2. The van der Waals surface area contributed by atoms with Crippen LogP contribution in [0, 0.1) is 0 Å². The Bertz CT molecular complexity index is 2010. The van der Waals surface area contributed by atoms with Crippen LogP contribution in [0.2, 0.25) is 0 Å². The van der Waals surface area contributed by atoms with E-state index >= 15 is 0 Å². The van der Waals surface area contributed by atoms with E-state index in [0.29, 0.717) is 13.2 Å². The number of quaternary nitrogens is 2. The first-order valence-corrected chi connectivity index (χ1v) is 18.0. The fourth-order valence-corrected chi connectivity index (χ4v) is 6.49. The first-order valence-electron chi connectivity index (χ1n) is 18.0. The lowest BCUT2D eigenvalue weighted by Crippen LogP contribution is -3.00. The summed E-state index contributed by atoms with van der Waals surface area (Å²) < 4.78 is 14.2. The molecule has 2 aromatic rings. The average Bonchev–Trinajstić information content (AvgIpc) is 3.92. The van der Waals surface area contributed by atoms with Gasteiger partial charge in [0.25, 0.3) is 0 Å². The molecule has 7 rings (SSSR count). The predicted molar refractivity (Wildman–Crippen MR) is 215 cm³/mol. The van der Waals surface area contributed by atoms with Gasteiger partial charge in [0.2, 0.25) is 0 Å². The lowest BCUT2D eigenvalue weighted by Gasteiger charge is -2.23. The summed E-state index contributed by atoms with van der Waals surface area (Å²) in [5.41, 5.74) is 10.6. The van der Waals surface area contributed by atoms with Crippen LogP contribution in [0.3, 0.4) is 0 Å². The number of fused-ring (bicyclic) bond motifs is 4. The molecule has 0 aromatic heterocycles. The molecule has 0 unspecified atom stereocenters. The van der Waals surface area contributed by atoms with Crippen molar-refractivity contribution in [2.24, 2.45) is 20.0 Å². The number of nitrogens with zero attached hydrogens (tertiary/aromatic N) is 6. The minimum absolute atomic E-state index is 0. The van der Waals surface area contributed by atoms with Crippen molar-refractivity contribution >= 4 is 34.0 Å². The Morgan fingerprint density at radius 3 is 1.33 bits per heavy atom. The fourth-order valence-electron chi connectivity index (χ4n) is 6.49. The van der Waals surface area contributed by atoms with Gasteiger partial charge in [0.05, 0.1) is 114 Å². The predicted octanol–water partition coefficient (Wildman–Crippen LogP) is 1.59. The second-order valence-corrected chi connectivity index (χ2v) is 15.5. The van der Waals surface area contributed by atoms with Crippen LogP contribution in [0.5, 0.6) is 11.5 Å². The van der Waals surface area contributed by atoms with Gasteiger partial charge in [-0.1, -0.05) is 24.3 Å². The number of hydrogen-bond acceptors (Lipinski definition) is 6. The van der Waals surface area contributed by atoms with Crippen molar-refractivity contribution in [3.63, 3.8) is 0 Å². The molecule has 5 aliphatic heterocycles. The highest BCUT2D eigenvalue weighted by Crippen LogP contribution is 2.34. The van der Waals surface area contributed by atoms with Crippen molar-refractivity contribution in [3.8, 4) is 11.5 Å². The van der Waals surface area contributed by atoms with Crippen LogP contribution >= 0.6 is 0 Å². The third-order valence-corrected chi connectivity index (χ3v) is 8.99. The van der Waals surface area contributed by atoms with Gasteiger partial charge in [0.1, 0.15) is 11.5 Å². The molecular formula is C44H48Cl2N6O2. The highest BCUT2D eigenvalue weighted by Gasteiger charge is 2.23. The van der Waals surface area contributed by atoms with Crippen molar-refractivity contribution in [2.45, 2.75) is 12.8 Å². The van der Waals surface area contributed by atoms with E-state index in [9.17, 15) is 0 Å². The Balaban J connectivity index is 0.00000280. The fraction of sp³-hybridized carbons (Fsp3) is 0.273. The standard InChI is InChI=1S/C44H48N6O2.2ClH/c1-49(2,3)23-9-25-51-37-13-7-11-31(27-37)43-39-19-15-33(45-39)29-35-17-21-41(47-35)44(42-22-18-36(48-42)30-34-16-20-40(43)46-34)32-12-8-14-38(28-32)52-26-10-24-50(4,5)6;;/h7-8,11-22,27-30H,9-10,23-26H2,1-6H3;2*1H/q+2;;/p-2. The summed E-state index contributed by atoms with van der Waals surface area (Å²) in [5.74, 6) is 1.67. The van der Waals surface area contributed by atoms with Crippen molar-refractivity contribution in [2.75, 3.05) is 68.6 Å². The summed E-state index contributed by atoms with van der Waals surface area (Å²) in [6.07, 6.45) is 22.4. The lowest BCUT2D eigenvalue weighted by molar-refractivity contribution is -0.870. The molecule has 0 amide bonds. The molecule has 5 heterocycles. The Kier molecular flexibility index (Phi) is 12.8. The Morgan fingerprint density at radius 1 is 0.500 bits per heavy atom. The van der Waals surface area contributed by atoms with Crippen molar-refractivity contribution in [1.82, 2.24) is 0 Å². The summed E-state index contributed by atoms with van der Waals surface area (Å²) >= 11 is 0. The van der Waals surface area contributed by atoms with Crippen LogP contribution in [-0.4, -0.2) is 100 Å². The van der Waals surface area contributed by atoms with Crippen molar-refractivity contribution in [1.29, 1.82) is 0 Å². The normalized spacial score (nSPS) is 17.1. The summed E-state index contributed by atoms with van der Waals surface area (Å²) in [5, 5.41) is 0. The molecule has 8 bridgehead atoms. The summed E-state index contributed by atoms with van der Waals surface area (Å²) in [6.45, 7) is 3.41. The van der Waals surface area contributed by atoms with Crippen molar-refractivity contribution < 1.29 is 43.3 Å². The molecule has 0 radical (unpaired) electrons. The van der Waals surface area contributed by atoms with Gasteiger partial charge in [-0.05, 0) is 96.2 Å². The van der Waals surface area contributed by atoms with E-state index in [2.05, 4.69) is 90.9 Å². The van der Waals surface area contributed by atoms with E-state index in [1.54, 1.807) is 0 Å². The van der Waals surface area contributed by atoms with E-state index in [1.165, 1.54) is 0 Å². The minimum Gasteiger partial charge on any atom is -1.00 e. The van der Waals surface area contributed by atoms with Gasteiger partial charge in [0.15, 0.2) is 0 Å². The molecule has 8 nitrogen and oxygen atoms in total. The number of allylic oxidation sites excluding steroid dienone is 12. The molecular weight excluding hydrogens is 715 g/mol. The van der Waals surface area contributed by atoms with Gasteiger partial charge in [0, 0.05) is 24.0 Å². The topological polar surface area (TPSA) is 67.9 Å². The molecule has 0 spiro atoms. The Morgan fingerprint density at radius 2 is 0.926 bits per heavy atom. The SMILES string of the molecule is C[N+](C)(C)CCCOc1cccc(C2=C3C=CC(=N3)C=C3C=CC(=N3)C(c3cccc(OCCC[N+](C)(C)C)c3)=C3C=CC(=N3)C=C3C=CC2=N3)c1.[Cl-].[Cl-]. The van der Waals surface area contributed by atoms with E-state index in [4.69, 9.17) is 29.4 Å². The highest BCUT2D eigenvalue weighted by atomic mass is 35.5. The van der Waals surface area contributed by atoms with Gasteiger partial charge in [-0.15, -0.1) is 0 Å². The third-order valence-electron chi connectivity index (χ3n) is 8.99. The second kappa shape index (κ2) is 17.1. The quantitative estimate of drug-likeness (QED) is 0.244. The van der Waals surface area contributed by atoms with E-state index in [0.717, 1.165) is 114 Å². The zero-order chi connectivity index (χ0) is 36.3. The van der Waals surface area contributed by atoms with E-state index < -0.39 is 0 Å². The molecule has 280 valence electrons. The van der Waals surface area contributed by atoms with Crippen LogP contribution in [0.25, 0.3) is 11.1 Å². The molecule has 10 heteroatoms. The maximum atomic E-state index is 6.21. The molecule has 54 heavy (non-hydrogen) atoms. The number of rotatable bonds is 12. The maximum absolute atomic E-state index is 6.21. The van der Waals surface area contributed by atoms with E-state index in [-0.39, 0.29) is 24.8 Å². The van der Waals surface area contributed by atoms with Crippen LogP contribution < -0.4 is 34.3 Å². The van der Waals surface area contributed by atoms with Crippen molar-refractivity contribution in [3.05, 3.63) is 143 Å². The van der Waals surface area contributed by atoms with Crippen LogP contribution in [0.1, 0.15) is 24.0 Å². The molecule has 0 atom stereocenters. The number of aliphatic imine (C=N–C) groups is 4. The largest absolute Gasteiger partial charge is 1.00 e. The molecule has 0 saturated heterocycles. The van der Waals surface area contributed by atoms with Gasteiger partial charge in [-0.3, -0.25) is 0 Å². The molecule has 0 saturated carbocycles. The van der Waals surface area contributed by atoms with Gasteiger partial charge < -0.3 is 43.3 Å². The summed E-state index contributed by atoms with van der Waals surface area (Å²) in [6, 6.07) is 16.5. The maximum Gasteiger partial charge on any atom is 0.119 e. The lowest BCUT2D eigenvalue weighted by atomic mass is 9.98. The number of halogens is 2. The number of ether oxygens (including phenoxy) is 2. The highest BCUT2D eigenvalue weighted by molar-refractivity contribution is 6.34. The molecule has 0 aliphatic carbocycles. The second-order valence-electron chi connectivity index (χ2n) is 15.5. The molecule has 0 N–H and O–H groups in total. The van der Waals surface area contributed by atoms with Gasteiger partial charge in [-0.2, -0.15) is 0 Å².